The molecule has 0 aliphatic carbocycles. The first-order valence-corrected chi connectivity index (χ1v) is 6.47. The second kappa shape index (κ2) is 8.21. The molecule has 1 unspecified atom stereocenters. The van der Waals surface area contributed by atoms with E-state index < -0.39 is 23.9 Å². The molecule has 0 bridgehead atoms. The second-order valence-electron chi connectivity index (χ2n) is 4.51. The Morgan fingerprint density at radius 1 is 1.48 bits per heavy atom. The summed E-state index contributed by atoms with van der Waals surface area (Å²) in [7, 11) is 2.96. The Balaban J connectivity index is 2.66. The minimum absolute atomic E-state index is 0.256. The molecule has 6 nitrogen and oxygen atoms in total. The average Bonchev–Trinajstić information content (AvgIpc) is 2.45. The van der Waals surface area contributed by atoms with Crippen LogP contribution < -0.4 is 10.2 Å². The summed E-state index contributed by atoms with van der Waals surface area (Å²) in [5.41, 5.74) is 0.341. The number of carbonyl (C=O) groups excluding carboxylic acids is 1. The van der Waals surface area contributed by atoms with Crippen molar-refractivity contribution in [3.8, 4) is 0 Å². The molecule has 0 fully saturated rings. The van der Waals surface area contributed by atoms with Gasteiger partial charge in [0.25, 0.3) is 0 Å². The largest absolute Gasteiger partial charge is 0.480 e. The highest BCUT2D eigenvalue weighted by atomic mass is 19.1. The molecule has 0 aliphatic rings. The van der Waals surface area contributed by atoms with Gasteiger partial charge >= 0.3 is 12.0 Å². The number of hydrogen-bond donors (Lipinski definition) is 2. The van der Waals surface area contributed by atoms with E-state index in [1.807, 2.05) is 0 Å². The van der Waals surface area contributed by atoms with Crippen molar-refractivity contribution in [2.45, 2.75) is 18.9 Å². The molecule has 7 heteroatoms. The average molecular weight is 298 g/mol. The van der Waals surface area contributed by atoms with Crippen LogP contribution in [-0.2, 0) is 9.53 Å². The van der Waals surface area contributed by atoms with Crippen LogP contribution in [0.5, 0.6) is 0 Å². The summed E-state index contributed by atoms with van der Waals surface area (Å²) < 4.78 is 18.0. The van der Waals surface area contributed by atoms with Crippen molar-refractivity contribution >= 4 is 17.7 Å². The lowest BCUT2D eigenvalue weighted by molar-refractivity contribution is -0.139. The number of nitrogens with zero attached hydrogens (tertiary/aromatic N) is 1. The maximum absolute atomic E-state index is 13.1. The fraction of sp³-hybridized carbons (Fsp3) is 0.429. The van der Waals surface area contributed by atoms with Crippen molar-refractivity contribution in [3.05, 3.63) is 30.1 Å². The summed E-state index contributed by atoms with van der Waals surface area (Å²) in [6.45, 7) is 0.416. The molecule has 0 aromatic heterocycles. The lowest BCUT2D eigenvalue weighted by atomic mass is 10.1. The number of ether oxygens (including phenoxy) is 1. The molecule has 1 aromatic carbocycles. The molecule has 21 heavy (non-hydrogen) atoms. The maximum atomic E-state index is 13.1. The van der Waals surface area contributed by atoms with Gasteiger partial charge in [-0.2, -0.15) is 0 Å². The smallest absolute Gasteiger partial charge is 0.326 e. The van der Waals surface area contributed by atoms with Crippen LogP contribution in [0.3, 0.4) is 0 Å². The van der Waals surface area contributed by atoms with E-state index in [0.29, 0.717) is 18.7 Å². The van der Waals surface area contributed by atoms with Gasteiger partial charge < -0.3 is 15.2 Å². The highest BCUT2D eigenvalue weighted by Gasteiger charge is 2.22. The van der Waals surface area contributed by atoms with Crippen molar-refractivity contribution in [1.82, 2.24) is 5.32 Å². The standard InChI is InChI=1S/C14H19FN2O4/c1-17(11-6-3-5-10(15)9-11)14(20)16-12(13(18)19)7-4-8-21-2/h3,5-6,9,12H,4,7-8H2,1-2H3,(H,16,20)(H,18,19). The topological polar surface area (TPSA) is 78.9 Å². The molecule has 1 aromatic rings. The molecule has 1 atom stereocenters. The number of aliphatic carboxylic acids is 1. The summed E-state index contributed by atoms with van der Waals surface area (Å²) in [5.74, 6) is -1.59. The quantitative estimate of drug-likeness (QED) is 0.753. The van der Waals surface area contributed by atoms with Gasteiger partial charge in [-0.3, -0.25) is 4.90 Å². The first-order chi connectivity index (χ1) is 9.95. The van der Waals surface area contributed by atoms with Gasteiger partial charge in [0.1, 0.15) is 11.9 Å². The molecule has 0 spiro atoms. The van der Waals surface area contributed by atoms with E-state index in [4.69, 9.17) is 9.84 Å². The van der Waals surface area contributed by atoms with Crippen molar-refractivity contribution in [3.63, 3.8) is 0 Å². The Morgan fingerprint density at radius 3 is 2.76 bits per heavy atom. The normalized spacial score (nSPS) is 11.8. The van der Waals surface area contributed by atoms with Gasteiger partial charge in [0.2, 0.25) is 0 Å². The van der Waals surface area contributed by atoms with E-state index in [1.165, 1.54) is 32.4 Å². The number of methoxy groups -OCH3 is 1. The van der Waals surface area contributed by atoms with Gasteiger partial charge in [-0.25, -0.2) is 14.0 Å². The van der Waals surface area contributed by atoms with Crippen LogP contribution in [0.25, 0.3) is 0 Å². The summed E-state index contributed by atoms with van der Waals surface area (Å²) >= 11 is 0. The number of halogens is 1. The van der Waals surface area contributed by atoms with Crippen LogP contribution in [-0.4, -0.2) is 43.9 Å². The minimum Gasteiger partial charge on any atom is -0.480 e. The van der Waals surface area contributed by atoms with E-state index in [-0.39, 0.29) is 6.42 Å². The molecule has 0 saturated heterocycles. The zero-order valence-corrected chi connectivity index (χ0v) is 12.0. The maximum Gasteiger partial charge on any atom is 0.326 e. The van der Waals surface area contributed by atoms with E-state index in [9.17, 15) is 14.0 Å². The first-order valence-electron chi connectivity index (χ1n) is 6.47. The van der Waals surface area contributed by atoms with Crippen molar-refractivity contribution in [2.75, 3.05) is 25.7 Å². The molecule has 0 heterocycles. The van der Waals surface area contributed by atoms with E-state index >= 15 is 0 Å². The molecular weight excluding hydrogens is 279 g/mol. The molecular formula is C14H19FN2O4. The number of carboxylic acids is 1. The van der Waals surface area contributed by atoms with Crippen LogP contribution in [0, 0.1) is 5.82 Å². The second-order valence-corrected chi connectivity index (χ2v) is 4.51. The number of carboxylic acid groups (broad SMARTS) is 1. The predicted molar refractivity (Wildman–Crippen MR) is 75.9 cm³/mol. The molecule has 0 saturated carbocycles. The SMILES string of the molecule is COCCCC(NC(=O)N(C)c1cccc(F)c1)C(=O)O. The van der Waals surface area contributed by atoms with Crippen LogP contribution in [0.1, 0.15) is 12.8 Å². The lowest BCUT2D eigenvalue weighted by Gasteiger charge is -2.21. The third-order valence-electron chi connectivity index (χ3n) is 2.94. The van der Waals surface area contributed by atoms with Gasteiger partial charge in [-0.15, -0.1) is 0 Å². The highest BCUT2D eigenvalue weighted by Crippen LogP contribution is 2.14. The van der Waals surface area contributed by atoms with Crippen molar-refractivity contribution < 1.29 is 23.8 Å². The van der Waals surface area contributed by atoms with Crippen LogP contribution in [0.4, 0.5) is 14.9 Å². The molecule has 2 amide bonds. The molecule has 116 valence electrons. The number of urea groups is 1. The van der Waals surface area contributed by atoms with Crippen molar-refractivity contribution in [2.24, 2.45) is 0 Å². The van der Waals surface area contributed by atoms with E-state index in [1.54, 1.807) is 6.07 Å². The summed E-state index contributed by atoms with van der Waals surface area (Å²) in [4.78, 5) is 24.3. The summed E-state index contributed by atoms with van der Waals surface area (Å²) in [5, 5.41) is 11.5. The fourth-order valence-corrected chi connectivity index (χ4v) is 1.74. The number of carbonyl (C=O) groups is 2. The predicted octanol–water partition coefficient (Wildman–Crippen LogP) is 1.85. The Morgan fingerprint density at radius 2 is 2.19 bits per heavy atom. The zero-order valence-electron chi connectivity index (χ0n) is 12.0. The Bertz CT molecular complexity index is 496. The van der Waals surface area contributed by atoms with Gasteiger partial charge in [-0.05, 0) is 31.0 Å². The minimum atomic E-state index is -1.12. The van der Waals surface area contributed by atoms with Gasteiger partial charge in [0.15, 0.2) is 0 Å². The molecule has 0 radical (unpaired) electrons. The first kappa shape index (κ1) is 16.9. The van der Waals surface area contributed by atoms with Gasteiger partial charge in [0, 0.05) is 26.5 Å². The monoisotopic (exact) mass is 298 g/mol. The number of rotatable bonds is 7. The van der Waals surface area contributed by atoms with Gasteiger partial charge in [-0.1, -0.05) is 6.07 Å². The number of amides is 2. The zero-order chi connectivity index (χ0) is 15.8. The van der Waals surface area contributed by atoms with Crippen LogP contribution in [0.15, 0.2) is 24.3 Å². The van der Waals surface area contributed by atoms with E-state index in [2.05, 4.69) is 5.32 Å². The van der Waals surface area contributed by atoms with Crippen LogP contribution >= 0.6 is 0 Å². The number of hydrogen-bond acceptors (Lipinski definition) is 3. The highest BCUT2D eigenvalue weighted by molar-refractivity contribution is 5.93. The number of benzene rings is 1. The third kappa shape index (κ3) is 5.39. The Labute approximate surface area is 122 Å². The van der Waals surface area contributed by atoms with Crippen molar-refractivity contribution in [1.29, 1.82) is 0 Å². The molecule has 2 N–H and O–H groups in total. The molecule has 1 rings (SSSR count). The third-order valence-corrected chi connectivity index (χ3v) is 2.94. The number of nitrogens with one attached hydrogen (secondary N) is 1. The van der Waals surface area contributed by atoms with Gasteiger partial charge in [0.05, 0.1) is 0 Å². The lowest BCUT2D eigenvalue weighted by Crippen LogP contribution is -2.46. The van der Waals surface area contributed by atoms with E-state index in [0.717, 1.165) is 4.90 Å². The van der Waals surface area contributed by atoms with Crippen LogP contribution in [0.2, 0.25) is 0 Å². The Hall–Kier alpha value is -2.15. The number of anilines is 1. The summed E-state index contributed by atoms with van der Waals surface area (Å²) in [6, 6.07) is 3.87. The Kier molecular flexibility index (Phi) is 6.61. The fourth-order valence-electron chi connectivity index (χ4n) is 1.74. The molecule has 0 aliphatic heterocycles. The summed E-state index contributed by atoms with van der Waals surface area (Å²) in [6.07, 6.45) is 0.767.